The minimum Gasteiger partial charge on any atom is -0.462 e. The number of hydrogen-bond acceptors (Lipinski definition) is 15. The van der Waals surface area contributed by atoms with Gasteiger partial charge in [0, 0.05) is 25.7 Å². The van der Waals surface area contributed by atoms with Gasteiger partial charge < -0.3 is 33.8 Å². The van der Waals surface area contributed by atoms with Crippen molar-refractivity contribution in [3.05, 3.63) is 0 Å². The Morgan fingerprint density at radius 3 is 0.816 bits per heavy atom. The van der Waals surface area contributed by atoms with Gasteiger partial charge in [-0.3, -0.25) is 37.3 Å². The number of carbonyl (C=O) groups is 4. The summed E-state index contributed by atoms with van der Waals surface area (Å²) < 4.78 is 68.2. The fourth-order valence-corrected chi connectivity index (χ4v) is 11.7. The predicted molar refractivity (Wildman–Crippen MR) is 349 cm³/mol. The molecule has 0 saturated heterocycles. The molecule has 4 unspecified atom stereocenters. The lowest BCUT2D eigenvalue weighted by atomic mass is 9.99. The van der Waals surface area contributed by atoms with E-state index in [-0.39, 0.29) is 25.7 Å². The van der Waals surface area contributed by atoms with Gasteiger partial charge in [-0.25, -0.2) is 9.13 Å². The molecule has 0 aliphatic rings. The number of phosphoric ester groups is 2. The number of rotatable bonds is 65. The van der Waals surface area contributed by atoms with Crippen LogP contribution in [0, 0.1) is 23.7 Å². The summed E-state index contributed by atoms with van der Waals surface area (Å²) in [7, 11) is -9.90. The van der Waals surface area contributed by atoms with E-state index in [0.717, 1.165) is 120 Å². The molecule has 0 rings (SSSR count). The molecule has 516 valence electrons. The lowest BCUT2D eigenvalue weighted by Gasteiger charge is -2.21. The van der Waals surface area contributed by atoms with Gasteiger partial charge in [0.25, 0.3) is 0 Å². The first-order valence-electron chi connectivity index (χ1n) is 35.3. The Balaban J connectivity index is 5.27. The lowest BCUT2D eigenvalue weighted by Crippen LogP contribution is -2.30. The van der Waals surface area contributed by atoms with Gasteiger partial charge in [-0.1, -0.05) is 280 Å². The van der Waals surface area contributed by atoms with Crippen LogP contribution in [0.25, 0.3) is 0 Å². The largest absolute Gasteiger partial charge is 0.472 e. The summed E-state index contributed by atoms with van der Waals surface area (Å²) in [4.78, 5) is 72.4. The second-order valence-electron chi connectivity index (χ2n) is 26.0. The fraction of sp³-hybridized carbons (Fsp3) is 0.941. The third-order valence-electron chi connectivity index (χ3n) is 16.3. The Kier molecular flexibility index (Phi) is 56.6. The second kappa shape index (κ2) is 57.9. The summed E-state index contributed by atoms with van der Waals surface area (Å²) in [5.41, 5.74) is 0. The summed E-state index contributed by atoms with van der Waals surface area (Å²) in [6.07, 6.45) is 38.9. The van der Waals surface area contributed by atoms with Crippen LogP contribution in [0.3, 0.4) is 0 Å². The van der Waals surface area contributed by atoms with Crippen molar-refractivity contribution in [2.75, 3.05) is 39.6 Å². The topological polar surface area (TPSA) is 237 Å². The summed E-state index contributed by atoms with van der Waals surface area (Å²) in [6, 6.07) is 0. The average molecular weight is 1280 g/mol. The molecule has 17 nitrogen and oxygen atoms in total. The summed E-state index contributed by atoms with van der Waals surface area (Å²) in [5, 5.41) is 10.6. The summed E-state index contributed by atoms with van der Waals surface area (Å²) >= 11 is 0. The van der Waals surface area contributed by atoms with E-state index in [1.807, 2.05) is 0 Å². The van der Waals surface area contributed by atoms with Crippen molar-refractivity contribution in [3.63, 3.8) is 0 Å². The molecule has 0 aliphatic carbocycles. The van der Waals surface area contributed by atoms with Crippen molar-refractivity contribution in [3.8, 4) is 0 Å². The van der Waals surface area contributed by atoms with Crippen molar-refractivity contribution in [1.82, 2.24) is 0 Å². The van der Waals surface area contributed by atoms with Crippen LogP contribution in [0.5, 0.6) is 0 Å². The van der Waals surface area contributed by atoms with Crippen LogP contribution in [0.1, 0.15) is 331 Å². The zero-order valence-electron chi connectivity index (χ0n) is 56.6. The quantitative estimate of drug-likeness (QED) is 0.0222. The molecule has 3 N–H and O–H groups in total. The number of aliphatic hydroxyl groups excluding tert-OH is 1. The van der Waals surface area contributed by atoms with E-state index in [1.165, 1.54) is 128 Å². The molecule has 0 aliphatic heterocycles. The molecule has 0 saturated carbocycles. The van der Waals surface area contributed by atoms with Crippen LogP contribution in [-0.4, -0.2) is 96.7 Å². The van der Waals surface area contributed by atoms with E-state index in [2.05, 4.69) is 55.4 Å². The fourth-order valence-electron chi connectivity index (χ4n) is 10.1. The van der Waals surface area contributed by atoms with E-state index < -0.39 is 97.5 Å². The van der Waals surface area contributed by atoms with Crippen LogP contribution in [0.2, 0.25) is 0 Å². The van der Waals surface area contributed by atoms with Crippen LogP contribution in [0.15, 0.2) is 0 Å². The lowest BCUT2D eigenvalue weighted by molar-refractivity contribution is -0.161. The number of unbranched alkanes of at least 4 members (excludes halogenated alkanes) is 29. The smallest absolute Gasteiger partial charge is 0.462 e. The standard InChI is InChI=1S/C68H132O17P2/c1-9-60(7)46-38-30-22-18-19-23-32-40-48-65(70)78-54-63(84-68(73)51-43-35-25-17-13-15-21-29-37-45-59(5)6)56-82-86(74,75)80-52-62(69)53-81-87(76,77)83-57-64(55-79-66(71)49-41-33-27-26-31-39-47-61(8)10-2)85-67(72)50-42-34-24-16-12-11-14-20-28-36-44-58(3)4/h58-64,69H,9-57H2,1-8H3,(H,74,75)(H,76,77)/t60?,61?,62-,63-,64-/m1/s1. The first-order valence-corrected chi connectivity index (χ1v) is 38.3. The SMILES string of the molecule is CCC(C)CCCCCCCCCCC(=O)OC[C@H](COP(=O)(O)OC[C@@H](O)COP(=O)(O)OC[C@@H](COC(=O)CCCCCCCCC(C)CC)OC(=O)CCCCCCCCCCCCC(C)C)OC(=O)CCCCCCCCCCCC(C)C. The van der Waals surface area contributed by atoms with E-state index in [0.29, 0.717) is 25.7 Å². The molecule has 0 spiro atoms. The van der Waals surface area contributed by atoms with Crippen LogP contribution < -0.4 is 0 Å². The number of phosphoric acid groups is 2. The molecular weight excluding hydrogens is 1150 g/mol. The zero-order valence-corrected chi connectivity index (χ0v) is 58.4. The summed E-state index contributed by atoms with van der Waals surface area (Å²) in [6.45, 7) is 14.1. The molecule has 0 fully saturated rings. The van der Waals surface area contributed by atoms with Crippen molar-refractivity contribution in [2.45, 2.75) is 350 Å². The maximum atomic E-state index is 13.0. The van der Waals surface area contributed by atoms with Gasteiger partial charge in [0.05, 0.1) is 26.4 Å². The Morgan fingerprint density at radius 2 is 0.552 bits per heavy atom. The minimum absolute atomic E-state index is 0.104. The molecule has 0 heterocycles. The van der Waals surface area contributed by atoms with E-state index in [1.54, 1.807) is 0 Å². The Labute approximate surface area is 530 Å². The third kappa shape index (κ3) is 60.1. The molecule has 19 heteroatoms. The zero-order chi connectivity index (χ0) is 64.7. The van der Waals surface area contributed by atoms with Crippen molar-refractivity contribution < 1.29 is 80.2 Å². The van der Waals surface area contributed by atoms with Gasteiger partial charge in [0.2, 0.25) is 0 Å². The first-order chi connectivity index (χ1) is 41.7. The normalized spacial score (nSPS) is 15.0. The monoisotopic (exact) mass is 1280 g/mol. The molecule has 0 amide bonds. The highest BCUT2D eigenvalue weighted by atomic mass is 31.2. The molecule has 7 atom stereocenters. The predicted octanol–water partition coefficient (Wildman–Crippen LogP) is 18.9. The van der Waals surface area contributed by atoms with E-state index in [4.69, 9.17) is 37.0 Å². The van der Waals surface area contributed by atoms with Gasteiger partial charge in [-0.2, -0.15) is 0 Å². The number of carbonyl (C=O) groups excluding carboxylic acids is 4. The number of esters is 4. The van der Waals surface area contributed by atoms with Crippen LogP contribution >= 0.6 is 15.6 Å². The number of aliphatic hydroxyl groups is 1. The number of ether oxygens (including phenoxy) is 4. The van der Waals surface area contributed by atoms with Gasteiger partial charge in [-0.05, 0) is 49.4 Å². The average Bonchev–Trinajstić information content (AvgIpc) is 3.68. The van der Waals surface area contributed by atoms with Crippen molar-refractivity contribution in [2.24, 2.45) is 23.7 Å². The maximum Gasteiger partial charge on any atom is 0.472 e. The van der Waals surface area contributed by atoms with Crippen LogP contribution in [0.4, 0.5) is 0 Å². The van der Waals surface area contributed by atoms with Gasteiger partial charge in [-0.15, -0.1) is 0 Å². The maximum absolute atomic E-state index is 13.0. The Morgan fingerprint density at radius 1 is 0.322 bits per heavy atom. The molecule has 0 aromatic rings. The Hall–Kier alpha value is -1.94. The molecule has 0 bridgehead atoms. The number of hydrogen-bond donors (Lipinski definition) is 3. The first kappa shape index (κ1) is 85.1. The van der Waals surface area contributed by atoms with E-state index in [9.17, 15) is 43.2 Å². The highest BCUT2D eigenvalue weighted by molar-refractivity contribution is 7.47. The van der Waals surface area contributed by atoms with Gasteiger partial charge in [0.15, 0.2) is 12.2 Å². The van der Waals surface area contributed by atoms with Crippen molar-refractivity contribution >= 4 is 39.5 Å². The molecule has 87 heavy (non-hydrogen) atoms. The second-order valence-corrected chi connectivity index (χ2v) is 28.9. The molecular formula is C68H132O17P2. The third-order valence-corrected chi connectivity index (χ3v) is 18.2. The summed E-state index contributed by atoms with van der Waals surface area (Å²) in [5.74, 6) is 0.863. The van der Waals surface area contributed by atoms with E-state index >= 15 is 0 Å². The highest BCUT2D eigenvalue weighted by Gasteiger charge is 2.30. The molecule has 0 aromatic carbocycles. The van der Waals surface area contributed by atoms with Gasteiger partial charge in [0.1, 0.15) is 19.3 Å². The minimum atomic E-state index is -4.95. The molecule has 0 radical (unpaired) electrons. The molecule has 0 aromatic heterocycles. The van der Waals surface area contributed by atoms with Gasteiger partial charge >= 0.3 is 39.5 Å². The van der Waals surface area contributed by atoms with Crippen molar-refractivity contribution in [1.29, 1.82) is 0 Å². The van der Waals surface area contributed by atoms with Crippen LogP contribution in [-0.2, 0) is 65.4 Å². The highest BCUT2D eigenvalue weighted by Crippen LogP contribution is 2.45. The Bertz CT molecular complexity index is 1730.